The number of nitrogens with zero attached hydrogens (tertiary/aromatic N) is 2. The van der Waals surface area contributed by atoms with Gasteiger partial charge in [0.05, 0.1) is 15.8 Å². The van der Waals surface area contributed by atoms with Crippen LogP contribution in [0.1, 0.15) is 17.3 Å². The van der Waals surface area contributed by atoms with Crippen LogP contribution in [0.15, 0.2) is 60.1 Å². The van der Waals surface area contributed by atoms with E-state index in [0.29, 0.717) is 22.6 Å². The van der Waals surface area contributed by atoms with Crippen molar-refractivity contribution in [1.29, 1.82) is 0 Å². The molecular formula is C19H16IN3O2S. The van der Waals surface area contributed by atoms with Crippen molar-refractivity contribution in [2.75, 3.05) is 5.32 Å². The summed E-state index contributed by atoms with van der Waals surface area (Å²) in [5, 5.41) is 2.77. The Morgan fingerprint density at radius 2 is 2.08 bits per heavy atom. The fourth-order valence-corrected chi connectivity index (χ4v) is 4.22. The van der Waals surface area contributed by atoms with Crippen molar-refractivity contribution in [3.63, 3.8) is 0 Å². The number of allylic oxidation sites excluding steroid dienone is 1. The van der Waals surface area contributed by atoms with E-state index >= 15 is 0 Å². The van der Waals surface area contributed by atoms with Gasteiger partial charge in [0.25, 0.3) is 5.91 Å². The molecule has 3 rings (SSSR count). The van der Waals surface area contributed by atoms with E-state index in [-0.39, 0.29) is 11.8 Å². The Morgan fingerprint density at radius 1 is 1.31 bits per heavy atom. The van der Waals surface area contributed by atoms with Gasteiger partial charge in [-0.3, -0.25) is 9.59 Å². The van der Waals surface area contributed by atoms with E-state index in [0.717, 1.165) is 13.8 Å². The molecule has 0 spiro atoms. The van der Waals surface area contributed by atoms with Crippen molar-refractivity contribution in [2.45, 2.75) is 13.5 Å². The predicted molar refractivity (Wildman–Crippen MR) is 113 cm³/mol. The van der Waals surface area contributed by atoms with Gasteiger partial charge >= 0.3 is 0 Å². The number of thiazole rings is 1. The number of hydrogen-bond donors (Lipinski definition) is 1. The van der Waals surface area contributed by atoms with Gasteiger partial charge in [-0.1, -0.05) is 29.5 Å². The van der Waals surface area contributed by atoms with Crippen LogP contribution in [0.2, 0.25) is 0 Å². The topological polar surface area (TPSA) is 63.5 Å². The van der Waals surface area contributed by atoms with Crippen LogP contribution in [0, 0.1) is 3.57 Å². The van der Waals surface area contributed by atoms with Crippen molar-refractivity contribution in [2.24, 2.45) is 4.99 Å². The molecule has 2 amide bonds. The summed E-state index contributed by atoms with van der Waals surface area (Å²) in [6, 6.07) is 13.0. The van der Waals surface area contributed by atoms with Crippen molar-refractivity contribution in [3.8, 4) is 0 Å². The lowest BCUT2D eigenvalue weighted by molar-refractivity contribution is -0.114. The average Bonchev–Trinajstić information content (AvgIpc) is 2.91. The number of benzene rings is 2. The van der Waals surface area contributed by atoms with Crippen molar-refractivity contribution in [3.05, 3.63) is 69.1 Å². The monoisotopic (exact) mass is 477 g/mol. The van der Waals surface area contributed by atoms with E-state index in [1.807, 2.05) is 41.0 Å². The number of rotatable bonds is 4. The number of anilines is 1. The highest BCUT2D eigenvalue weighted by molar-refractivity contribution is 14.1. The zero-order valence-electron chi connectivity index (χ0n) is 14.0. The number of carbonyl (C=O) groups excluding carboxylic acids is 2. The molecule has 0 fully saturated rings. The maximum atomic E-state index is 12.6. The van der Waals surface area contributed by atoms with Gasteiger partial charge in [-0.15, -0.1) is 6.58 Å². The molecule has 26 heavy (non-hydrogen) atoms. The quantitative estimate of drug-likeness (QED) is 0.453. The standard InChI is InChI=1S/C19H16IN3O2S/c1-3-10-23-16-9-8-13(21-12(2)24)11-17(16)26-19(23)22-18(25)14-6-4-5-7-15(14)20/h3-9,11H,1,10H2,2H3,(H,21,24). The minimum atomic E-state index is -0.276. The maximum Gasteiger partial charge on any atom is 0.280 e. The summed E-state index contributed by atoms with van der Waals surface area (Å²) in [7, 11) is 0. The van der Waals surface area contributed by atoms with E-state index in [1.165, 1.54) is 18.3 Å². The number of halogens is 1. The highest BCUT2D eigenvalue weighted by Crippen LogP contribution is 2.22. The zero-order chi connectivity index (χ0) is 18.7. The molecule has 0 aliphatic heterocycles. The smallest absolute Gasteiger partial charge is 0.280 e. The molecule has 0 aliphatic carbocycles. The molecule has 1 N–H and O–H groups in total. The van der Waals surface area contributed by atoms with Gasteiger partial charge < -0.3 is 9.88 Å². The second kappa shape index (κ2) is 7.96. The molecule has 7 heteroatoms. The Labute approximate surface area is 168 Å². The minimum Gasteiger partial charge on any atom is -0.326 e. The van der Waals surface area contributed by atoms with Crippen molar-refractivity contribution < 1.29 is 9.59 Å². The van der Waals surface area contributed by atoms with E-state index in [4.69, 9.17) is 0 Å². The number of nitrogens with one attached hydrogen (secondary N) is 1. The number of fused-ring (bicyclic) bond motifs is 1. The van der Waals surface area contributed by atoms with E-state index in [2.05, 4.69) is 39.5 Å². The van der Waals surface area contributed by atoms with E-state index in [1.54, 1.807) is 12.1 Å². The van der Waals surface area contributed by atoms with Crippen molar-refractivity contribution >= 4 is 61.6 Å². The number of hydrogen-bond acceptors (Lipinski definition) is 3. The number of aromatic nitrogens is 1. The summed E-state index contributed by atoms with van der Waals surface area (Å²) in [6.45, 7) is 5.80. The Kier molecular flexibility index (Phi) is 5.67. The SMILES string of the molecule is C=CCn1c(=NC(=O)c2ccccc2I)sc2cc(NC(C)=O)ccc21. The molecule has 0 atom stereocenters. The molecular weight excluding hydrogens is 461 g/mol. The van der Waals surface area contributed by atoms with E-state index < -0.39 is 0 Å². The Balaban J connectivity index is 2.13. The maximum absolute atomic E-state index is 12.6. The second-order valence-electron chi connectivity index (χ2n) is 5.54. The first-order valence-corrected chi connectivity index (χ1v) is 9.74. The molecule has 0 saturated carbocycles. The fourth-order valence-electron chi connectivity index (χ4n) is 2.53. The van der Waals surface area contributed by atoms with Crippen LogP contribution in [0.5, 0.6) is 0 Å². The summed E-state index contributed by atoms with van der Waals surface area (Å²) in [5.74, 6) is -0.403. The summed E-state index contributed by atoms with van der Waals surface area (Å²) < 4.78 is 3.74. The third-order valence-corrected chi connectivity index (χ3v) is 5.60. The van der Waals surface area contributed by atoms with Crippen LogP contribution < -0.4 is 10.1 Å². The molecule has 0 aliphatic rings. The Bertz CT molecular complexity index is 1080. The molecule has 0 bridgehead atoms. The Morgan fingerprint density at radius 3 is 2.77 bits per heavy atom. The van der Waals surface area contributed by atoms with Crippen LogP contribution in [0.3, 0.4) is 0 Å². The van der Waals surface area contributed by atoms with Crippen LogP contribution in [0.4, 0.5) is 5.69 Å². The molecule has 0 radical (unpaired) electrons. The highest BCUT2D eigenvalue weighted by atomic mass is 127. The molecule has 5 nitrogen and oxygen atoms in total. The largest absolute Gasteiger partial charge is 0.326 e. The summed E-state index contributed by atoms with van der Waals surface area (Å²) in [6.07, 6.45) is 1.77. The molecule has 3 aromatic rings. The van der Waals surface area contributed by atoms with Crippen LogP contribution in [0.25, 0.3) is 10.2 Å². The van der Waals surface area contributed by atoms with Gasteiger partial charge in [-0.05, 0) is 52.9 Å². The third kappa shape index (κ3) is 3.94. The minimum absolute atomic E-state index is 0.126. The second-order valence-corrected chi connectivity index (χ2v) is 7.72. The first kappa shape index (κ1) is 18.5. The lowest BCUT2D eigenvalue weighted by Gasteiger charge is -2.04. The number of carbonyl (C=O) groups is 2. The summed E-state index contributed by atoms with van der Waals surface area (Å²) in [4.78, 5) is 28.8. The van der Waals surface area contributed by atoms with Crippen LogP contribution in [-0.4, -0.2) is 16.4 Å². The van der Waals surface area contributed by atoms with Gasteiger partial charge in [0.2, 0.25) is 5.91 Å². The molecule has 0 saturated heterocycles. The normalized spacial score (nSPS) is 11.5. The summed E-state index contributed by atoms with van der Waals surface area (Å²) >= 11 is 3.54. The average molecular weight is 477 g/mol. The lowest BCUT2D eigenvalue weighted by Crippen LogP contribution is -2.16. The predicted octanol–water partition coefficient (Wildman–Crippen LogP) is 4.19. The van der Waals surface area contributed by atoms with Gasteiger partial charge in [0.1, 0.15) is 0 Å². The lowest BCUT2D eigenvalue weighted by atomic mass is 10.2. The molecule has 1 heterocycles. The van der Waals surface area contributed by atoms with Gasteiger partial charge in [-0.25, -0.2) is 0 Å². The zero-order valence-corrected chi connectivity index (χ0v) is 17.0. The fraction of sp³-hybridized carbons (Fsp3) is 0.105. The van der Waals surface area contributed by atoms with Crippen LogP contribution in [-0.2, 0) is 11.3 Å². The molecule has 2 aromatic carbocycles. The van der Waals surface area contributed by atoms with Gasteiger partial charge in [0.15, 0.2) is 4.80 Å². The molecule has 0 unspecified atom stereocenters. The van der Waals surface area contributed by atoms with Gasteiger partial charge in [0, 0.05) is 22.7 Å². The van der Waals surface area contributed by atoms with Gasteiger partial charge in [-0.2, -0.15) is 4.99 Å². The summed E-state index contributed by atoms with van der Waals surface area (Å²) in [5.41, 5.74) is 2.24. The van der Waals surface area contributed by atoms with Crippen molar-refractivity contribution in [1.82, 2.24) is 4.57 Å². The first-order chi connectivity index (χ1) is 12.5. The first-order valence-electron chi connectivity index (χ1n) is 7.85. The molecule has 1 aromatic heterocycles. The van der Waals surface area contributed by atoms with Crippen LogP contribution >= 0.6 is 33.9 Å². The van der Waals surface area contributed by atoms with E-state index in [9.17, 15) is 9.59 Å². The highest BCUT2D eigenvalue weighted by Gasteiger charge is 2.11. The molecule has 132 valence electrons. The Hall–Kier alpha value is -2.26. The third-order valence-electron chi connectivity index (χ3n) is 3.62. The number of amides is 2.